The predicted octanol–water partition coefficient (Wildman–Crippen LogP) is 3.46. The van der Waals surface area contributed by atoms with Gasteiger partial charge in [0.1, 0.15) is 11.5 Å². The zero-order valence-corrected chi connectivity index (χ0v) is 11.0. The van der Waals surface area contributed by atoms with Crippen LogP contribution in [0, 0.1) is 0 Å². The smallest absolute Gasteiger partial charge is 0.126 e. The number of benzene rings is 2. The Morgan fingerprint density at radius 3 is 2.50 bits per heavy atom. The second-order valence-corrected chi connectivity index (χ2v) is 4.41. The average molecular weight is 266 g/mol. The van der Waals surface area contributed by atoms with E-state index in [1.165, 1.54) is 0 Å². The first-order valence-electron chi connectivity index (χ1n) is 6.26. The van der Waals surface area contributed by atoms with Crippen molar-refractivity contribution < 1.29 is 9.84 Å². The third-order valence-electron chi connectivity index (χ3n) is 3.19. The van der Waals surface area contributed by atoms with Crippen LogP contribution >= 0.6 is 0 Å². The van der Waals surface area contributed by atoms with Crippen LogP contribution in [0.5, 0.6) is 11.5 Å². The number of phenolic OH excluding ortho intramolecular Hbond substituents is 1. The normalized spacial score (nSPS) is 10.4. The van der Waals surface area contributed by atoms with Gasteiger partial charge in [-0.05, 0) is 30.3 Å². The molecule has 0 fully saturated rings. The number of phenols is 1. The lowest BCUT2D eigenvalue weighted by molar-refractivity contribution is 0.416. The SMILES string of the molecule is COc1ccccc1-c1cn[nH]c1-c1ccc(O)cc1. The van der Waals surface area contributed by atoms with Crippen molar-refractivity contribution in [1.29, 1.82) is 0 Å². The lowest BCUT2D eigenvalue weighted by Crippen LogP contribution is -1.88. The van der Waals surface area contributed by atoms with Crippen LogP contribution in [0.3, 0.4) is 0 Å². The number of para-hydroxylation sites is 1. The van der Waals surface area contributed by atoms with Crippen molar-refractivity contribution in [2.45, 2.75) is 0 Å². The van der Waals surface area contributed by atoms with E-state index in [-0.39, 0.29) is 5.75 Å². The van der Waals surface area contributed by atoms with Gasteiger partial charge in [0, 0.05) is 16.7 Å². The molecule has 0 aliphatic heterocycles. The fraction of sp³-hybridized carbons (Fsp3) is 0.0625. The fourth-order valence-corrected chi connectivity index (χ4v) is 2.21. The summed E-state index contributed by atoms with van der Waals surface area (Å²) in [4.78, 5) is 0. The van der Waals surface area contributed by atoms with E-state index < -0.39 is 0 Å². The van der Waals surface area contributed by atoms with Crippen LogP contribution in [0.15, 0.2) is 54.7 Å². The molecule has 4 nitrogen and oxygen atoms in total. The Morgan fingerprint density at radius 1 is 1.00 bits per heavy atom. The third kappa shape index (κ3) is 2.12. The summed E-state index contributed by atoms with van der Waals surface area (Å²) in [6.45, 7) is 0. The van der Waals surface area contributed by atoms with Gasteiger partial charge in [0.25, 0.3) is 0 Å². The lowest BCUT2D eigenvalue weighted by atomic mass is 10.0. The van der Waals surface area contributed by atoms with Crippen molar-refractivity contribution in [3.05, 3.63) is 54.7 Å². The topological polar surface area (TPSA) is 58.1 Å². The number of nitrogens with zero attached hydrogens (tertiary/aromatic N) is 1. The van der Waals surface area contributed by atoms with Crippen LogP contribution in [-0.4, -0.2) is 22.4 Å². The highest BCUT2D eigenvalue weighted by molar-refractivity contribution is 5.83. The molecule has 0 aliphatic carbocycles. The molecule has 2 aromatic carbocycles. The summed E-state index contributed by atoms with van der Waals surface area (Å²) in [5.74, 6) is 1.04. The van der Waals surface area contributed by atoms with E-state index in [0.717, 1.165) is 28.1 Å². The molecule has 1 aromatic heterocycles. The van der Waals surface area contributed by atoms with E-state index in [2.05, 4.69) is 10.2 Å². The van der Waals surface area contributed by atoms with Gasteiger partial charge < -0.3 is 9.84 Å². The molecule has 0 saturated carbocycles. The molecule has 4 heteroatoms. The second-order valence-electron chi connectivity index (χ2n) is 4.41. The second kappa shape index (κ2) is 5.09. The Hall–Kier alpha value is -2.75. The van der Waals surface area contributed by atoms with E-state index >= 15 is 0 Å². The molecular formula is C16H14N2O2. The quantitative estimate of drug-likeness (QED) is 0.763. The van der Waals surface area contributed by atoms with Crippen LogP contribution in [-0.2, 0) is 0 Å². The number of hydrogen-bond donors (Lipinski definition) is 2. The highest BCUT2D eigenvalue weighted by atomic mass is 16.5. The molecule has 0 spiro atoms. The van der Waals surface area contributed by atoms with Crippen LogP contribution in [0.1, 0.15) is 0 Å². The number of H-pyrrole nitrogens is 1. The summed E-state index contributed by atoms with van der Waals surface area (Å²) in [6, 6.07) is 14.8. The molecule has 20 heavy (non-hydrogen) atoms. The van der Waals surface area contributed by atoms with Gasteiger partial charge in [0.05, 0.1) is 19.0 Å². The zero-order valence-electron chi connectivity index (χ0n) is 11.0. The summed E-state index contributed by atoms with van der Waals surface area (Å²) < 4.78 is 5.40. The van der Waals surface area contributed by atoms with Gasteiger partial charge in [0.2, 0.25) is 0 Å². The molecular weight excluding hydrogens is 252 g/mol. The van der Waals surface area contributed by atoms with E-state index in [1.54, 1.807) is 25.4 Å². The molecule has 0 unspecified atom stereocenters. The van der Waals surface area contributed by atoms with Crippen molar-refractivity contribution in [3.8, 4) is 33.9 Å². The summed E-state index contributed by atoms with van der Waals surface area (Å²) in [7, 11) is 1.65. The van der Waals surface area contributed by atoms with Gasteiger partial charge in [-0.2, -0.15) is 5.10 Å². The first kappa shape index (κ1) is 12.3. The number of hydrogen-bond acceptors (Lipinski definition) is 3. The summed E-state index contributed by atoms with van der Waals surface area (Å²) >= 11 is 0. The maximum absolute atomic E-state index is 9.38. The number of ether oxygens (including phenoxy) is 1. The molecule has 3 aromatic rings. The molecule has 0 radical (unpaired) electrons. The summed E-state index contributed by atoms with van der Waals surface area (Å²) in [5, 5.41) is 16.5. The maximum Gasteiger partial charge on any atom is 0.126 e. The highest BCUT2D eigenvalue weighted by Crippen LogP contribution is 2.35. The Bertz CT molecular complexity index is 717. The number of methoxy groups -OCH3 is 1. The highest BCUT2D eigenvalue weighted by Gasteiger charge is 2.13. The minimum Gasteiger partial charge on any atom is -0.508 e. The standard InChI is InChI=1S/C16H14N2O2/c1-20-15-5-3-2-4-13(15)14-10-17-18-16(14)11-6-8-12(19)9-7-11/h2-10,19H,1H3,(H,17,18). The van der Waals surface area contributed by atoms with Gasteiger partial charge in [0.15, 0.2) is 0 Å². The molecule has 0 bridgehead atoms. The van der Waals surface area contributed by atoms with Gasteiger partial charge in [-0.1, -0.05) is 18.2 Å². The molecule has 0 aliphatic rings. The zero-order chi connectivity index (χ0) is 13.9. The van der Waals surface area contributed by atoms with E-state index in [0.29, 0.717) is 0 Å². The Balaban J connectivity index is 2.13. The van der Waals surface area contributed by atoms with Gasteiger partial charge >= 0.3 is 0 Å². The van der Waals surface area contributed by atoms with Crippen molar-refractivity contribution in [1.82, 2.24) is 10.2 Å². The molecule has 0 saturated heterocycles. The van der Waals surface area contributed by atoms with E-state index in [1.807, 2.05) is 36.4 Å². The van der Waals surface area contributed by atoms with Crippen LogP contribution in [0.2, 0.25) is 0 Å². The minimum atomic E-state index is 0.243. The largest absolute Gasteiger partial charge is 0.508 e. The van der Waals surface area contributed by atoms with Crippen LogP contribution in [0.25, 0.3) is 22.4 Å². The minimum absolute atomic E-state index is 0.243. The number of aromatic nitrogens is 2. The fourth-order valence-electron chi connectivity index (χ4n) is 2.21. The van der Waals surface area contributed by atoms with Gasteiger partial charge in [-0.3, -0.25) is 5.10 Å². The van der Waals surface area contributed by atoms with Gasteiger partial charge in [-0.25, -0.2) is 0 Å². The van der Waals surface area contributed by atoms with Crippen molar-refractivity contribution in [3.63, 3.8) is 0 Å². The average Bonchev–Trinajstić information content (AvgIpc) is 2.97. The lowest BCUT2D eigenvalue weighted by Gasteiger charge is -2.08. The van der Waals surface area contributed by atoms with E-state index in [4.69, 9.17) is 4.74 Å². The van der Waals surface area contributed by atoms with E-state index in [9.17, 15) is 5.11 Å². The Kier molecular flexibility index (Phi) is 3.13. The van der Waals surface area contributed by atoms with Crippen molar-refractivity contribution in [2.24, 2.45) is 0 Å². The summed E-state index contributed by atoms with van der Waals surface area (Å²) in [6.07, 6.45) is 1.78. The molecule has 1 heterocycles. The van der Waals surface area contributed by atoms with Crippen LogP contribution in [0.4, 0.5) is 0 Å². The molecule has 0 atom stereocenters. The number of aromatic amines is 1. The van der Waals surface area contributed by atoms with Crippen molar-refractivity contribution in [2.75, 3.05) is 7.11 Å². The molecule has 100 valence electrons. The number of nitrogens with one attached hydrogen (secondary N) is 1. The maximum atomic E-state index is 9.38. The van der Waals surface area contributed by atoms with Crippen LogP contribution < -0.4 is 4.74 Å². The predicted molar refractivity (Wildman–Crippen MR) is 77.7 cm³/mol. The number of rotatable bonds is 3. The first-order valence-corrected chi connectivity index (χ1v) is 6.26. The molecule has 3 rings (SSSR count). The molecule has 2 N–H and O–H groups in total. The first-order chi connectivity index (χ1) is 9.79. The third-order valence-corrected chi connectivity index (χ3v) is 3.19. The monoisotopic (exact) mass is 266 g/mol. The Morgan fingerprint density at radius 2 is 1.75 bits per heavy atom. The van der Waals surface area contributed by atoms with Gasteiger partial charge in [-0.15, -0.1) is 0 Å². The Labute approximate surface area is 116 Å². The van der Waals surface area contributed by atoms with Crippen molar-refractivity contribution >= 4 is 0 Å². The summed E-state index contributed by atoms with van der Waals surface area (Å²) in [5.41, 5.74) is 3.80. The molecule has 0 amide bonds. The number of aromatic hydroxyl groups is 1.